The van der Waals surface area contributed by atoms with Crippen LogP contribution >= 0.6 is 27.5 Å². The van der Waals surface area contributed by atoms with Gasteiger partial charge in [0.25, 0.3) is 5.91 Å². The van der Waals surface area contributed by atoms with Crippen LogP contribution in [0.2, 0.25) is 5.02 Å². The van der Waals surface area contributed by atoms with E-state index in [0.717, 1.165) is 22.0 Å². The van der Waals surface area contributed by atoms with E-state index in [2.05, 4.69) is 35.1 Å². The average molecular weight is 586 g/mol. The highest BCUT2D eigenvalue weighted by Crippen LogP contribution is 2.29. The quantitative estimate of drug-likeness (QED) is 0.255. The molecular formula is C30H34BrClN2O3. The maximum Gasteiger partial charge on any atom is 0.261 e. The van der Waals surface area contributed by atoms with Gasteiger partial charge in [0.15, 0.2) is 6.61 Å². The molecule has 2 amide bonds. The molecule has 0 heterocycles. The summed E-state index contributed by atoms with van der Waals surface area (Å²) in [6.07, 6.45) is 1.20. The fourth-order valence-corrected chi connectivity index (χ4v) is 4.56. The number of ether oxygens (including phenoxy) is 1. The third kappa shape index (κ3) is 8.61. The highest BCUT2D eigenvalue weighted by Gasteiger charge is 2.30. The number of hydrogen-bond acceptors (Lipinski definition) is 3. The number of rotatable bonds is 12. The van der Waals surface area contributed by atoms with Gasteiger partial charge in [0, 0.05) is 24.5 Å². The van der Waals surface area contributed by atoms with E-state index in [9.17, 15) is 9.59 Å². The van der Waals surface area contributed by atoms with E-state index < -0.39 is 6.04 Å². The molecule has 0 aliphatic rings. The standard InChI is InChI=1S/C30H34BrClN2O3/c1-4-16-33-30(36)27(17-22-8-6-5-7-9-22)34(19-23-10-13-25(32)14-11-23)29(35)20-37-28-15-12-24(21(2)3)18-26(28)31/h5-15,18,21,27H,4,16-17,19-20H2,1-3H3,(H,33,36). The lowest BCUT2D eigenvalue weighted by molar-refractivity contribution is -0.142. The van der Waals surface area contributed by atoms with Gasteiger partial charge in [0.2, 0.25) is 5.91 Å². The second-order valence-electron chi connectivity index (χ2n) is 9.28. The third-order valence-electron chi connectivity index (χ3n) is 6.06. The van der Waals surface area contributed by atoms with E-state index in [1.54, 1.807) is 17.0 Å². The van der Waals surface area contributed by atoms with Gasteiger partial charge in [-0.2, -0.15) is 0 Å². The lowest BCUT2D eigenvalue weighted by Crippen LogP contribution is -2.51. The number of nitrogens with one attached hydrogen (secondary N) is 1. The second kappa shape index (κ2) is 14.2. The largest absolute Gasteiger partial charge is 0.483 e. The van der Waals surface area contributed by atoms with Crippen molar-refractivity contribution in [3.05, 3.63) is 99.0 Å². The molecule has 5 nitrogen and oxygen atoms in total. The Balaban J connectivity index is 1.88. The first kappa shape index (κ1) is 28.7. The summed E-state index contributed by atoms with van der Waals surface area (Å²) in [7, 11) is 0. The second-order valence-corrected chi connectivity index (χ2v) is 10.6. The summed E-state index contributed by atoms with van der Waals surface area (Å²) in [5.74, 6) is 0.499. The summed E-state index contributed by atoms with van der Waals surface area (Å²) in [4.78, 5) is 28.6. The predicted octanol–water partition coefficient (Wildman–Crippen LogP) is 6.77. The molecule has 0 spiro atoms. The highest BCUT2D eigenvalue weighted by atomic mass is 79.9. The van der Waals surface area contributed by atoms with Crippen molar-refractivity contribution < 1.29 is 14.3 Å². The van der Waals surface area contributed by atoms with Gasteiger partial charge in [0.1, 0.15) is 11.8 Å². The van der Waals surface area contributed by atoms with Gasteiger partial charge in [-0.3, -0.25) is 9.59 Å². The summed E-state index contributed by atoms with van der Waals surface area (Å²) in [5.41, 5.74) is 3.02. The minimum atomic E-state index is -0.701. The Morgan fingerprint density at radius 3 is 2.32 bits per heavy atom. The number of nitrogens with zero attached hydrogens (tertiary/aromatic N) is 1. The van der Waals surface area contributed by atoms with Gasteiger partial charge >= 0.3 is 0 Å². The molecular weight excluding hydrogens is 552 g/mol. The molecule has 196 valence electrons. The summed E-state index contributed by atoms with van der Waals surface area (Å²) < 4.78 is 6.73. The van der Waals surface area contributed by atoms with Crippen LogP contribution < -0.4 is 10.1 Å². The van der Waals surface area contributed by atoms with Crippen molar-refractivity contribution in [1.82, 2.24) is 10.2 Å². The lowest BCUT2D eigenvalue weighted by atomic mass is 10.0. The lowest BCUT2D eigenvalue weighted by Gasteiger charge is -2.31. The van der Waals surface area contributed by atoms with Crippen LogP contribution in [0.3, 0.4) is 0 Å². The first-order valence-corrected chi connectivity index (χ1v) is 13.7. The summed E-state index contributed by atoms with van der Waals surface area (Å²) in [6, 6.07) is 22.2. The van der Waals surface area contributed by atoms with Crippen LogP contribution in [0.5, 0.6) is 5.75 Å². The Morgan fingerprint density at radius 1 is 1.00 bits per heavy atom. The highest BCUT2D eigenvalue weighted by molar-refractivity contribution is 9.10. The van der Waals surface area contributed by atoms with E-state index in [1.807, 2.05) is 67.6 Å². The van der Waals surface area contributed by atoms with E-state index >= 15 is 0 Å². The number of hydrogen-bond donors (Lipinski definition) is 1. The van der Waals surface area contributed by atoms with Crippen molar-refractivity contribution in [3.63, 3.8) is 0 Å². The molecule has 0 fully saturated rings. The number of carbonyl (C=O) groups is 2. The molecule has 0 saturated heterocycles. The van der Waals surface area contributed by atoms with Crippen LogP contribution in [0.15, 0.2) is 77.3 Å². The van der Waals surface area contributed by atoms with E-state index in [-0.39, 0.29) is 25.0 Å². The van der Waals surface area contributed by atoms with E-state index in [1.165, 1.54) is 5.56 Å². The van der Waals surface area contributed by atoms with Gasteiger partial charge < -0.3 is 15.0 Å². The maximum atomic E-state index is 13.7. The van der Waals surface area contributed by atoms with Crippen LogP contribution in [0.1, 0.15) is 49.8 Å². The predicted molar refractivity (Wildman–Crippen MR) is 153 cm³/mol. The minimum absolute atomic E-state index is 0.185. The first-order valence-electron chi connectivity index (χ1n) is 12.6. The van der Waals surface area contributed by atoms with Crippen LogP contribution in [0, 0.1) is 0 Å². The average Bonchev–Trinajstić information content (AvgIpc) is 2.90. The van der Waals surface area contributed by atoms with Gasteiger partial charge in [0.05, 0.1) is 4.47 Å². The van der Waals surface area contributed by atoms with Crippen molar-refractivity contribution in [2.45, 2.75) is 52.1 Å². The Morgan fingerprint density at radius 2 is 1.70 bits per heavy atom. The van der Waals surface area contributed by atoms with Crippen molar-refractivity contribution in [3.8, 4) is 5.75 Å². The molecule has 0 saturated carbocycles. The minimum Gasteiger partial charge on any atom is -0.483 e. The SMILES string of the molecule is CCCNC(=O)C(Cc1ccccc1)N(Cc1ccc(Cl)cc1)C(=O)COc1ccc(C(C)C)cc1Br. The summed E-state index contributed by atoms with van der Waals surface area (Å²) in [6.45, 7) is 6.84. The number of carbonyl (C=O) groups excluding carboxylic acids is 2. The van der Waals surface area contributed by atoms with Gasteiger partial charge in [-0.15, -0.1) is 0 Å². The number of benzene rings is 3. The zero-order valence-corrected chi connectivity index (χ0v) is 23.9. The normalized spacial score (nSPS) is 11.7. The van der Waals surface area contributed by atoms with Crippen molar-refractivity contribution >= 4 is 39.3 Å². The molecule has 1 unspecified atom stereocenters. The number of amides is 2. The van der Waals surface area contributed by atoms with Gasteiger partial charge in [-0.25, -0.2) is 0 Å². The van der Waals surface area contributed by atoms with Gasteiger partial charge in [-0.05, 0) is 69.2 Å². The maximum absolute atomic E-state index is 13.7. The topological polar surface area (TPSA) is 58.6 Å². The Bertz CT molecular complexity index is 1170. The molecule has 0 bridgehead atoms. The molecule has 37 heavy (non-hydrogen) atoms. The molecule has 1 N–H and O–H groups in total. The molecule has 3 aromatic carbocycles. The summed E-state index contributed by atoms with van der Waals surface area (Å²) in [5, 5.41) is 3.59. The molecule has 3 rings (SSSR count). The van der Waals surface area contributed by atoms with Crippen LogP contribution in [0.4, 0.5) is 0 Å². The zero-order chi connectivity index (χ0) is 26.8. The monoisotopic (exact) mass is 584 g/mol. The van der Waals surface area contributed by atoms with Gasteiger partial charge in [-0.1, -0.05) is 80.9 Å². The smallest absolute Gasteiger partial charge is 0.261 e. The molecule has 3 aromatic rings. The Kier molecular flexibility index (Phi) is 11.0. The first-order chi connectivity index (χ1) is 17.8. The molecule has 7 heteroatoms. The molecule has 1 atom stereocenters. The van der Waals surface area contributed by atoms with E-state index in [4.69, 9.17) is 16.3 Å². The third-order valence-corrected chi connectivity index (χ3v) is 6.93. The van der Waals surface area contributed by atoms with E-state index in [0.29, 0.717) is 29.7 Å². The van der Waals surface area contributed by atoms with Crippen LogP contribution in [-0.4, -0.2) is 35.9 Å². The Labute approximate surface area is 233 Å². The van der Waals surface area contributed by atoms with Crippen molar-refractivity contribution in [2.24, 2.45) is 0 Å². The molecule has 0 radical (unpaired) electrons. The van der Waals surface area contributed by atoms with Crippen molar-refractivity contribution in [2.75, 3.05) is 13.2 Å². The molecule has 0 aliphatic carbocycles. The summed E-state index contributed by atoms with van der Waals surface area (Å²) >= 11 is 9.64. The van der Waals surface area contributed by atoms with Crippen LogP contribution in [0.25, 0.3) is 0 Å². The number of halogens is 2. The Hall–Kier alpha value is -2.83. The fourth-order valence-electron chi connectivity index (χ4n) is 3.92. The zero-order valence-electron chi connectivity index (χ0n) is 21.5. The van der Waals surface area contributed by atoms with Crippen LogP contribution in [-0.2, 0) is 22.6 Å². The fraction of sp³-hybridized carbons (Fsp3) is 0.333. The molecule has 0 aliphatic heterocycles. The van der Waals surface area contributed by atoms with Crippen molar-refractivity contribution in [1.29, 1.82) is 0 Å². The molecule has 0 aromatic heterocycles.